The highest BCUT2D eigenvalue weighted by Crippen LogP contribution is 2.16. The Morgan fingerprint density at radius 3 is 1.00 bits per heavy atom. The minimum atomic E-state index is -0.773. The molecule has 0 bridgehead atoms. The zero-order valence-electron chi connectivity index (χ0n) is 40.7. The lowest BCUT2D eigenvalue weighted by atomic mass is 10.0. The van der Waals surface area contributed by atoms with Crippen molar-refractivity contribution in [2.75, 3.05) is 13.2 Å². The topological polar surface area (TPSA) is 78.9 Å². The molecule has 0 N–H and O–H groups in total. The Balaban J connectivity index is 4.37. The summed E-state index contributed by atoms with van der Waals surface area (Å²) in [6, 6.07) is 0. The monoisotopic (exact) mass is 857 g/mol. The zero-order chi connectivity index (χ0) is 44.4. The predicted octanol–water partition coefficient (Wildman–Crippen LogP) is 17.3. The Morgan fingerprint density at radius 1 is 0.344 bits per heavy atom. The number of allylic oxidation sites excluding steroid dienone is 6. The molecule has 0 aromatic carbocycles. The minimum Gasteiger partial charge on any atom is -0.462 e. The van der Waals surface area contributed by atoms with Crippen molar-refractivity contribution in [3.63, 3.8) is 0 Å². The molecule has 61 heavy (non-hydrogen) atoms. The molecule has 1 atom stereocenters. The summed E-state index contributed by atoms with van der Waals surface area (Å²) < 4.78 is 16.8. The van der Waals surface area contributed by atoms with E-state index in [1.807, 2.05) is 0 Å². The summed E-state index contributed by atoms with van der Waals surface area (Å²) in [6.07, 6.45) is 58.4. The lowest BCUT2D eigenvalue weighted by molar-refractivity contribution is -0.167. The van der Waals surface area contributed by atoms with Crippen LogP contribution in [0.25, 0.3) is 0 Å². The van der Waals surface area contributed by atoms with Gasteiger partial charge in [-0.15, -0.1) is 0 Å². The van der Waals surface area contributed by atoms with Crippen LogP contribution in [-0.4, -0.2) is 37.2 Å². The molecule has 0 aromatic rings. The van der Waals surface area contributed by atoms with E-state index in [1.54, 1.807) is 0 Å². The van der Waals surface area contributed by atoms with Crippen LogP contribution in [0.2, 0.25) is 0 Å². The van der Waals surface area contributed by atoms with Gasteiger partial charge in [0.1, 0.15) is 13.2 Å². The fraction of sp³-hybridized carbons (Fsp3) is 0.836. The Labute approximate surface area is 378 Å². The number of rotatable bonds is 48. The van der Waals surface area contributed by atoms with Crippen molar-refractivity contribution >= 4 is 17.9 Å². The Hall–Kier alpha value is -2.37. The summed E-state index contributed by atoms with van der Waals surface area (Å²) >= 11 is 0. The molecule has 6 heteroatoms. The fourth-order valence-electron chi connectivity index (χ4n) is 7.69. The molecule has 0 heterocycles. The summed E-state index contributed by atoms with van der Waals surface area (Å²) in [5, 5.41) is 0. The van der Waals surface area contributed by atoms with Gasteiger partial charge in [0.15, 0.2) is 6.10 Å². The van der Waals surface area contributed by atoms with Crippen molar-refractivity contribution in [2.24, 2.45) is 0 Å². The van der Waals surface area contributed by atoms with Crippen LogP contribution in [0.15, 0.2) is 36.5 Å². The standard InChI is InChI=1S/C55H100O6/c1-4-7-10-13-16-19-22-25-27-30-33-36-39-42-45-48-54(57)60-51-52(50-59-53(56)47-44-41-38-35-32-29-24-21-18-15-12-9-6-3)61-55(58)49-46-43-40-37-34-31-28-26-23-20-17-14-11-8-5-2/h7,10,16,19,25,27,52H,4-6,8-9,11-15,17-18,20-24,26,28-51H2,1-3H3/b10-7+,19-16+,27-25+/t52-/m1/s1. The Bertz CT molecular complexity index is 1030. The molecular formula is C55H100O6. The third-order valence-corrected chi connectivity index (χ3v) is 11.7. The van der Waals surface area contributed by atoms with Crippen LogP contribution in [-0.2, 0) is 28.6 Å². The van der Waals surface area contributed by atoms with Gasteiger partial charge in [-0.3, -0.25) is 14.4 Å². The third-order valence-electron chi connectivity index (χ3n) is 11.7. The molecule has 0 aliphatic rings. The van der Waals surface area contributed by atoms with Crippen molar-refractivity contribution in [2.45, 2.75) is 284 Å². The first-order chi connectivity index (χ1) is 30.0. The van der Waals surface area contributed by atoms with E-state index in [-0.39, 0.29) is 31.1 Å². The Kier molecular flexibility index (Phi) is 48.3. The second-order valence-electron chi connectivity index (χ2n) is 17.8. The van der Waals surface area contributed by atoms with Crippen molar-refractivity contribution < 1.29 is 28.6 Å². The largest absolute Gasteiger partial charge is 0.462 e. The molecule has 0 fully saturated rings. The van der Waals surface area contributed by atoms with E-state index in [1.165, 1.54) is 141 Å². The van der Waals surface area contributed by atoms with Gasteiger partial charge in [-0.25, -0.2) is 0 Å². The van der Waals surface area contributed by atoms with E-state index in [0.29, 0.717) is 19.3 Å². The van der Waals surface area contributed by atoms with Crippen molar-refractivity contribution in [3.05, 3.63) is 36.5 Å². The molecule has 0 unspecified atom stereocenters. The quantitative estimate of drug-likeness (QED) is 0.0262. The molecule has 0 amide bonds. The molecule has 0 radical (unpaired) electrons. The van der Waals surface area contributed by atoms with Crippen molar-refractivity contribution in [1.29, 1.82) is 0 Å². The fourth-order valence-corrected chi connectivity index (χ4v) is 7.69. The average molecular weight is 857 g/mol. The van der Waals surface area contributed by atoms with Gasteiger partial charge in [0.2, 0.25) is 0 Å². The maximum atomic E-state index is 12.8. The highest BCUT2D eigenvalue weighted by Gasteiger charge is 2.19. The molecule has 0 aliphatic heterocycles. The number of unbranched alkanes of at least 4 members (excludes halogenated alkanes) is 31. The lowest BCUT2D eigenvalue weighted by Crippen LogP contribution is -2.30. The summed E-state index contributed by atoms with van der Waals surface area (Å²) in [7, 11) is 0. The number of carbonyl (C=O) groups is 3. The highest BCUT2D eigenvalue weighted by molar-refractivity contribution is 5.71. The molecule has 356 valence electrons. The van der Waals surface area contributed by atoms with Crippen LogP contribution >= 0.6 is 0 Å². The minimum absolute atomic E-state index is 0.0732. The smallest absolute Gasteiger partial charge is 0.306 e. The molecule has 0 spiro atoms. The molecule has 0 aliphatic carbocycles. The second-order valence-corrected chi connectivity index (χ2v) is 17.8. The van der Waals surface area contributed by atoms with E-state index in [9.17, 15) is 14.4 Å². The van der Waals surface area contributed by atoms with Crippen LogP contribution in [0, 0.1) is 0 Å². The molecule has 0 saturated heterocycles. The van der Waals surface area contributed by atoms with Crippen LogP contribution in [0.3, 0.4) is 0 Å². The van der Waals surface area contributed by atoms with Gasteiger partial charge in [0.05, 0.1) is 0 Å². The van der Waals surface area contributed by atoms with E-state index in [0.717, 1.165) is 96.3 Å². The second kappa shape index (κ2) is 50.3. The molecular weight excluding hydrogens is 757 g/mol. The summed E-state index contributed by atoms with van der Waals surface area (Å²) in [5.74, 6) is -0.877. The van der Waals surface area contributed by atoms with Gasteiger partial charge in [0, 0.05) is 19.3 Å². The highest BCUT2D eigenvalue weighted by atomic mass is 16.6. The number of carbonyl (C=O) groups excluding carboxylic acids is 3. The maximum absolute atomic E-state index is 12.8. The van der Waals surface area contributed by atoms with Crippen LogP contribution < -0.4 is 0 Å². The maximum Gasteiger partial charge on any atom is 0.306 e. The third kappa shape index (κ3) is 48.5. The van der Waals surface area contributed by atoms with E-state index in [4.69, 9.17) is 14.2 Å². The van der Waals surface area contributed by atoms with Crippen molar-refractivity contribution in [1.82, 2.24) is 0 Å². The Morgan fingerprint density at radius 2 is 0.639 bits per heavy atom. The molecule has 0 rings (SSSR count). The van der Waals surface area contributed by atoms with Gasteiger partial charge in [-0.05, 0) is 51.4 Å². The normalized spacial score (nSPS) is 12.2. The van der Waals surface area contributed by atoms with Gasteiger partial charge < -0.3 is 14.2 Å². The van der Waals surface area contributed by atoms with Gasteiger partial charge in [-0.1, -0.05) is 243 Å². The van der Waals surface area contributed by atoms with Crippen LogP contribution in [0.5, 0.6) is 0 Å². The van der Waals surface area contributed by atoms with Crippen LogP contribution in [0.4, 0.5) is 0 Å². The number of ether oxygens (including phenoxy) is 3. The SMILES string of the molecule is CC/C=C/C/C=C/C/C=C/CCCCCCCC(=O)OC[C@@H](COC(=O)CCCCCCCCCCCCCCC)OC(=O)CCCCCCCCCCCCCCCCC. The van der Waals surface area contributed by atoms with Gasteiger partial charge in [0.25, 0.3) is 0 Å². The van der Waals surface area contributed by atoms with E-state index < -0.39 is 6.10 Å². The van der Waals surface area contributed by atoms with E-state index >= 15 is 0 Å². The number of esters is 3. The predicted molar refractivity (Wildman–Crippen MR) is 261 cm³/mol. The zero-order valence-corrected chi connectivity index (χ0v) is 40.7. The van der Waals surface area contributed by atoms with Gasteiger partial charge in [-0.2, -0.15) is 0 Å². The van der Waals surface area contributed by atoms with Crippen LogP contribution in [0.1, 0.15) is 278 Å². The summed E-state index contributed by atoms with van der Waals surface area (Å²) in [5.41, 5.74) is 0. The number of hydrogen-bond donors (Lipinski definition) is 0. The summed E-state index contributed by atoms with van der Waals surface area (Å²) in [4.78, 5) is 38.0. The summed E-state index contributed by atoms with van der Waals surface area (Å²) in [6.45, 7) is 6.54. The molecule has 0 aromatic heterocycles. The lowest BCUT2D eigenvalue weighted by Gasteiger charge is -2.18. The molecule has 6 nitrogen and oxygen atoms in total. The number of hydrogen-bond acceptors (Lipinski definition) is 6. The first-order valence-electron chi connectivity index (χ1n) is 26.5. The first-order valence-corrected chi connectivity index (χ1v) is 26.5. The van der Waals surface area contributed by atoms with E-state index in [2.05, 4.69) is 57.2 Å². The average Bonchev–Trinajstić information content (AvgIpc) is 3.26. The first kappa shape index (κ1) is 58.6. The van der Waals surface area contributed by atoms with Crippen molar-refractivity contribution in [3.8, 4) is 0 Å². The van der Waals surface area contributed by atoms with Gasteiger partial charge >= 0.3 is 17.9 Å². The molecule has 0 saturated carbocycles.